The first-order valence-corrected chi connectivity index (χ1v) is 10.7. The molecule has 1 fully saturated rings. The molecule has 2 aromatic rings. The molecule has 0 atom stereocenters. The van der Waals surface area contributed by atoms with Crippen LogP contribution in [0.5, 0.6) is 11.5 Å². The van der Waals surface area contributed by atoms with Crippen LogP contribution in [0.1, 0.15) is 54.1 Å². The lowest BCUT2D eigenvalue weighted by atomic mass is 10.1. The molecule has 1 N–H and O–H groups in total. The molecule has 7 heteroatoms. The summed E-state index contributed by atoms with van der Waals surface area (Å²) >= 11 is 0. The summed E-state index contributed by atoms with van der Waals surface area (Å²) in [6.45, 7) is 4.74. The number of nitriles is 1. The van der Waals surface area contributed by atoms with Gasteiger partial charge in [0.05, 0.1) is 26.3 Å². The molecule has 1 aliphatic rings. The topological polar surface area (TPSA) is 79.5 Å². The summed E-state index contributed by atoms with van der Waals surface area (Å²) in [5.41, 5.74) is 3.55. The molecular weight excluding hydrogens is 392 g/mol. The number of hydrogen-bond acceptors (Lipinski definition) is 5. The SMILES string of the molecule is COc1ccc(CN(C)CC(=O)Nc2c(C#N)c(C)c(C)n2C2CCCC2)c(OC)c1. The number of carbonyl (C=O) groups excluding carboxylic acids is 1. The van der Waals surface area contributed by atoms with E-state index in [1.165, 1.54) is 12.8 Å². The van der Waals surface area contributed by atoms with Crippen molar-refractivity contribution in [1.29, 1.82) is 5.26 Å². The first-order chi connectivity index (χ1) is 14.9. The van der Waals surface area contributed by atoms with Gasteiger partial charge < -0.3 is 19.4 Å². The highest BCUT2D eigenvalue weighted by molar-refractivity contribution is 5.93. The fourth-order valence-electron chi connectivity index (χ4n) is 4.45. The quantitative estimate of drug-likeness (QED) is 0.688. The smallest absolute Gasteiger partial charge is 0.239 e. The van der Waals surface area contributed by atoms with Gasteiger partial charge in [-0.25, -0.2) is 0 Å². The normalized spacial score (nSPS) is 14.0. The van der Waals surface area contributed by atoms with Crippen LogP contribution >= 0.6 is 0 Å². The van der Waals surface area contributed by atoms with E-state index in [1.807, 2.05) is 44.0 Å². The van der Waals surface area contributed by atoms with Gasteiger partial charge in [0.1, 0.15) is 23.4 Å². The predicted molar refractivity (Wildman–Crippen MR) is 121 cm³/mol. The molecule has 1 aromatic carbocycles. The Morgan fingerprint density at radius 2 is 1.97 bits per heavy atom. The molecule has 3 rings (SSSR count). The Morgan fingerprint density at radius 3 is 2.58 bits per heavy atom. The Bertz CT molecular complexity index is 984. The maximum Gasteiger partial charge on any atom is 0.239 e. The van der Waals surface area contributed by atoms with Gasteiger partial charge in [0.2, 0.25) is 5.91 Å². The predicted octanol–water partition coefficient (Wildman–Crippen LogP) is 4.18. The maximum atomic E-state index is 12.9. The number of anilines is 1. The molecule has 31 heavy (non-hydrogen) atoms. The van der Waals surface area contributed by atoms with Crippen molar-refractivity contribution >= 4 is 11.7 Å². The highest BCUT2D eigenvalue weighted by Crippen LogP contribution is 2.37. The summed E-state index contributed by atoms with van der Waals surface area (Å²) in [4.78, 5) is 14.8. The number of nitrogens with zero attached hydrogens (tertiary/aromatic N) is 3. The Morgan fingerprint density at radius 1 is 1.26 bits per heavy atom. The van der Waals surface area contributed by atoms with Gasteiger partial charge in [-0.15, -0.1) is 0 Å². The molecule has 1 heterocycles. The van der Waals surface area contributed by atoms with Crippen molar-refractivity contribution in [2.24, 2.45) is 0 Å². The van der Waals surface area contributed by atoms with Crippen LogP contribution in [-0.2, 0) is 11.3 Å². The zero-order valence-corrected chi connectivity index (χ0v) is 19.1. The fraction of sp³-hybridized carbons (Fsp3) is 0.500. The van der Waals surface area contributed by atoms with Crippen LogP contribution in [0.4, 0.5) is 5.82 Å². The van der Waals surface area contributed by atoms with E-state index < -0.39 is 0 Å². The van der Waals surface area contributed by atoms with Crippen molar-refractivity contribution in [3.05, 3.63) is 40.6 Å². The Hall–Kier alpha value is -2.98. The second kappa shape index (κ2) is 9.88. The third-order valence-corrected chi connectivity index (χ3v) is 6.16. The van der Waals surface area contributed by atoms with Crippen LogP contribution in [0.2, 0.25) is 0 Å². The van der Waals surface area contributed by atoms with E-state index in [4.69, 9.17) is 9.47 Å². The summed E-state index contributed by atoms with van der Waals surface area (Å²) in [5.74, 6) is 1.95. The molecule has 1 aromatic heterocycles. The average Bonchev–Trinajstić information content (AvgIpc) is 3.35. The average molecular weight is 425 g/mol. The number of hydrogen-bond donors (Lipinski definition) is 1. The van der Waals surface area contributed by atoms with Gasteiger partial charge in [-0.2, -0.15) is 5.26 Å². The number of aromatic nitrogens is 1. The van der Waals surface area contributed by atoms with Crippen molar-refractivity contribution in [2.45, 2.75) is 52.1 Å². The lowest BCUT2D eigenvalue weighted by molar-refractivity contribution is -0.117. The first kappa shape index (κ1) is 22.7. The molecule has 1 aliphatic carbocycles. The van der Waals surface area contributed by atoms with Crippen LogP contribution in [-0.4, -0.2) is 43.2 Å². The number of ether oxygens (including phenoxy) is 2. The number of rotatable bonds is 8. The van der Waals surface area contributed by atoms with Gasteiger partial charge in [-0.05, 0) is 45.4 Å². The summed E-state index contributed by atoms with van der Waals surface area (Å²) in [7, 11) is 5.13. The van der Waals surface area contributed by atoms with E-state index in [2.05, 4.69) is 16.0 Å². The van der Waals surface area contributed by atoms with Crippen LogP contribution in [0.25, 0.3) is 0 Å². The third kappa shape index (κ3) is 4.86. The van der Waals surface area contributed by atoms with E-state index in [0.717, 1.165) is 41.2 Å². The van der Waals surface area contributed by atoms with E-state index in [1.54, 1.807) is 14.2 Å². The molecule has 0 spiro atoms. The van der Waals surface area contributed by atoms with Crippen molar-refractivity contribution in [1.82, 2.24) is 9.47 Å². The standard InChI is InChI=1S/C24H32N4O3/c1-16-17(2)28(19-8-6-7-9-19)24(21(16)13-25)26-23(29)15-27(3)14-18-10-11-20(30-4)12-22(18)31-5/h10-12,19H,6-9,14-15H2,1-5H3,(H,26,29). The summed E-state index contributed by atoms with van der Waals surface area (Å²) in [5, 5.41) is 12.8. The molecule has 0 radical (unpaired) electrons. The highest BCUT2D eigenvalue weighted by Gasteiger charge is 2.26. The maximum absolute atomic E-state index is 12.9. The second-order valence-electron chi connectivity index (χ2n) is 8.25. The molecule has 0 bridgehead atoms. The van der Waals surface area contributed by atoms with Crippen molar-refractivity contribution in [2.75, 3.05) is 33.1 Å². The fourth-order valence-corrected chi connectivity index (χ4v) is 4.45. The van der Waals surface area contributed by atoms with Crippen molar-refractivity contribution < 1.29 is 14.3 Å². The van der Waals surface area contributed by atoms with E-state index in [9.17, 15) is 10.1 Å². The number of carbonyl (C=O) groups is 1. The van der Waals surface area contributed by atoms with E-state index in [0.29, 0.717) is 24.0 Å². The van der Waals surface area contributed by atoms with Crippen molar-refractivity contribution in [3.8, 4) is 17.6 Å². The summed E-state index contributed by atoms with van der Waals surface area (Å²) in [6, 6.07) is 8.30. The number of likely N-dealkylation sites (N-methyl/N-ethyl adjacent to an activating group) is 1. The minimum Gasteiger partial charge on any atom is -0.497 e. The second-order valence-corrected chi connectivity index (χ2v) is 8.25. The minimum absolute atomic E-state index is 0.136. The Kier molecular flexibility index (Phi) is 7.24. The molecule has 0 unspecified atom stereocenters. The summed E-state index contributed by atoms with van der Waals surface area (Å²) in [6.07, 6.45) is 4.53. The molecule has 7 nitrogen and oxygen atoms in total. The first-order valence-electron chi connectivity index (χ1n) is 10.7. The highest BCUT2D eigenvalue weighted by atomic mass is 16.5. The number of methoxy groups -OCH3 is 2. The van der Waals surface area contributed by atoms with Crippen LogP contribution in [0.15, 0.2) is 18.2 Å². The van der Waals surface area contributed by atoms with Gasteiger partial charge in [0.25, 0.3) is 0 Å². The third-order valence-electron chi connectivity index (χ3n) is 6.16. The lowest BCUT2D eigenvalue weighted by Crippen LogP contribution is -2.31. The van der Waals surface area contributed by atoms with Crippen LogP contribution in [0, 0.1) is 25.2 Å². The summed E-state index contributed by atoms with van der Waals surface area (Å²) < 4.78 is 12.9. The Balaban J connectivity index is 1.74. The van der Waals surface area contributed by atoms with Gasteiger partial charge in [-0.3, -0.25) is 9.69 Å². The molecule has 0 saturated heterocycles. The van der Waals surface area contributed by atoms with Gasteiger partial charge in [0, 0.05) is 29.9 Å². The zero-order chi connectivity index (χ0) is 22.5. The lowest BCUT2D eigenvalue weighted by Gasteiger charge is -2.21. The molecule has 166 valence electrons. The minimum atomic E-state index is -0.136. The Labute approximate surface area is 184 Å². The number of benzene rings is 1. The van der Waals surface area contributed by atoms with Gasteiger partial charge in [0.15, 0.2) is 0 Å². The van der Waals surface area contributed by atoms with Gasteiger partial charge >= 0.3 is 0 Å². The molecule has 0 aliphatic heterocycles. The van der Waals surface area contributed by atoms with Crippen LogP contribution < -0.4 is 14.8 Å². The van der Waals surface area contributed by atoms with Gasteiger partial charge in [-0.1, -0.05) is 18.9 Å². The zero-order valence-electron chi connectivity index (χ0n) is 19.1. The number of amides is 1. The molecule has 1 saturated carbocycles. The molecular formula is C24H32N4O3. The van der Waals surface area contributed by atoms with E-state index >= 15 is 0 Å². The largest absolute Gasteiger partial charge is 0.497 e. The monoisotopic (exact) mass is 424 g/mol. The number of nitrogens with one attached hydrogen (secondary N) is 1. The van der Waals surface area contributed by atoms with Crippen LogP contribution in [0.3, 0.4) is 0 Å². The molecule has 1 amide bonds. The van der Waals surface area contributed by atoms with Crippen molar-refractivity contribution in [3.63, 3.8) is 0 Å². The van der Waals surface area contributed by atoms with E-state index in [-0.39, 0.29) is 12.5 Å².